The van der Waals surface area contributed by atoms with Crippen LogP contribution in [0.4, 0.5) is 10.5 Å². The predicted molar refractivity (Wildman–Crippen MR) is 147 cm³/mol. The quantitative estimate of drug-likeness (QED) is 0.489. The SMILES string of the molecule is Cc1ccc(C)c(C(C(=O)Nc2c(C)cccc2C)N(C(=O)C(C)NC(=O)OC(C)(C)C)C2CCC2)c1. The molecule has 200 valence electrons. The van der Waals surface area contributed by atoms with Crippen LogP contribution in [-0.2, 0) is 14.3 Å². The van der Waals surface area contributed by atoms with E-state index in [1.54, 1.807) is 32.6 Å². The van der Waals surface area contributed by atoms with Gasteiger partial charge in [-0.2, -0.15) is 0 Å². The molecular weight excluding hydrogens is 466 g/mol. The van der Waals surface area contributed by atoms with Crippen molar-refractivity contribution in [2.24, 2.45) is 0 Å². The highest BCUT2D eigenvalue weighted by molar-refractivity contribution is 6.00. The van der Waals surface area contributed by atoms with Gasteiger partial charge in [0, 0.05) is 11.7 Å². The molecule has 3 amide bonds. The summed E-state index contributed by atoms with van der Waals surface area (Å²) in [4.78, 5) is 42.2. The molecule has 3 rings (SSSR count). The van der Waals surface area contributed by atoms with Crippen molar-refractivity contribution in [3.63, 3.8) is 0 Å². The minimum atomic E-state index is -0.865. The minimum absolute atomic E-state index is 0.0935. The van der Waals surface area contributed by atoms with Crippen molar-refractivity contribution in [1.29, 1.82) is 0 Å². The van der Waals surface area contributed by atoms with E-state index < -0.39 is 23.8 Å². The van der Waals surface area contributed by atoms with Gasteiger partial charge in [0.25, 0.3) is 5.91 Å². The lowest BCUT2D eigenvalue weighted by Crippen LogP contribution is -2.56. The van der Waals surface area contributed by atoms with Crippen molar-refractivity contribution in [2.45, 2.75) is 98.4 Å². The maximum atomic E-state index is 14.1. The van der Waals surface area contributed by atoms with E-state index in [0.717, 1.165) is 52.8 Å². The summed E-state index contributed by atoms with van der Waals surface area (Å²) in [7, 11) is 0. The average molecular weight is 508 g/mol. The Hall–Kier alpha value is -3.35. The molecule has 0 heterocycles. The van der Waals surface area contributed by atoms with E-state index in [9.17, 15) is 14.4 Å². The van der Waals surface area contributed by atoms with Crippen molar-refractivity contribution in [1.82, 2.24) is 10.2 Å². The summed E-state index contributed by atoms with van der Waals surface area (Å²) in [5.41, 5.74) is 4.69. The molecule has 1 aliphatic carbocycles. The zero-order chi connectivity index (χ0) is 27.5. The Bertz CT molecular complexity index is 1140. The van der Waals surface area contributed by atoms with Crippen molar-refractivity contribution in [2.75, 3.05) is 5.32 Å². The third-order valence-electron chi connectivity index (χ3n) is 6.81. The van der Waals surface area contributed by atoms with Crippen LogP contribution in [0.5, 0.6) is 0 Å². The average Bonchev–Trinajstić information content (AvgIpc) is 2.75. The third-order valence-corrected chi connectivity index (χ3v) is 6.81. The summed E-state index contributed by atoms with van der Waals surface area (Å²) in [5.74, 6) is -0.575. The summed E-state index contributed by atoms with van der Waals surface area (Å²) in [6, 6.07) is 10.0. The van der Waals surface area contributed by atoms with E-state index in [1.807, 2.05) is 64.1 Å². The molecule has 1 fully saturated rings. The minimum Gasteiger partial charge on any atom is -0.444 e. The number of para-hydroxylation sites is 1. The van der Waals surface area contributed by atoms with Gasteiger partial charge >= 0.3 is 6.09 Å². The lowest BCUT2D eigenvalue weighted by Gasteiger charge is -2.43. The van der Waals surface area contributed by atoms with Gasteiger partial charge in [-0.1, -0.05) is 42.0 Å². The van der Waals surface area contributed by atoms with Crippen molar-refractivity contribution >= 4 is 23.6 Å². The maximum absolute atomic E-state index is 14.1. The molecule has 7 heteroatoms. The van der Waals surface area contributed by atoms with Gasteiger partial charge in [-0.05, 0) is 96.9 Å². The fourth-order valence-corrected chi connectivity index (χ4v) is 4.63. The van der Waals surface area contributed by atoms with E-state index in [2.05, 4.69) is 10.6 Å². The van der Waals surface area contributed by atoms with Gasteiger partial charge in [-0.15, -0.1) is 0 Å². The van der Waals surface area contributed by atoms with Gasteiger partial charge in [-0.25, -0.2) is 4.79 Å². The number of anilines is 1. The maximum Gasteiger partial charge on any atom is 0.408 e. The number of aryl methyl sites for hydroxylation is 4. The Kier molecular flexibility index (Phi) is 8.67. The topological polar surface area (TPSA) is 87.7 Å². The first kappa shape index (κ1) is 28.2. The first-order chi connectivity index (χ1) is 17.3. The number of hydrogen-bond acceptors (Lipinski definition) is 4. The summed E-state index contributed by atoms with van der Waals surface area (Å²) in [6.45, 7) is 14.8. The largest absolute Gasteiger partial charge is 0.444 e. The fraction of sp³-hybridized carbons (Fsp3) is 0.500. The molecule has 2 unspecified atom stereocenters. The first-order valence-electron chi connectivity index (χ1n) is 13.0. The molecule has 0 aromatic heterocycles. The number of ether oxygens (including phenoxy) is 1. The van der Waals surface area contributed by atoms with E-state index in [0.29, 0.717) is 0 Å². The summed E-state index contributed by atoms with van der Waals surface area (Å²) in [5, 5.41) is 5.80. The van der Waals surface area contributed by atoms with Crippen molar-refractivity contribution in [3.8, 4) is 0 Å². The standard InChI is InChI=1S/C30H41N3O4/c1-18-15-16-19(2)24(17-18)26(27(34)32-25-20(3)11-9-12-21(25)4)33(23-13-10-14-23)28(35)22(5)31-29(36)37-30(6,7)8/h9,11-12,15-17,22-23,26H,10,13-14H2,1-8H3,(H,31,36)(H,32,34). The van der Waals surface area contributed by atoms with Gasteiger partial charge < -0.3 is 20.3 Å². The molecule has 0 saturated heterocycles. The van der Waals surface area contributed by atoms with E-state index >= 15 is 0 Å². The highest BCUT2D eigenvalue weighted by Gasteiger charge is 2.41. The third kappa shape index (κ3) is 6.90. The van der Waals surface area contributed by atoms with Crippen LogP contribution < -0.4 is 10.6 Å². The molecule has 0 bridgehead atoms. The summed E-state index contributed by atoms with van der Waals surface area (Å²) < 4.78 is 5.37. The molecule has 2 N–H and O–H groups in total. The molecule has 2 aromatic rings. The molecule has 0 spiro atoms. The van der Waals surface area contributed by atoms with E-state index in [1.165, 1.54) is 0 Å². The summed E-state index contributed by atoms with van der Waals surface area (Å²) >= 11 is 0. The zero-order valence-corrected chi connectivity index (χ0v) is 23.4. The molecule has 7 nitrogen and oxygen atoms in total. The number of benzene rings is 2. The Balaban J connectivity index is 2.03. The number of hydrogen-bond donors (Lipinski definition) is 2. The monoisotopic (exact) mass is 507 g/mol. The lowest BCUT2D eigenvalue weighted by atomic mass is 9.87. The summed E-state index contributed by atoms with van der Waals surface area (Å²) in [6.07, 6.45) is 1.94. The zero-order valence-electron chi connectivity index (χ0n) is 23.4. The van der Waals surface area contributed by atoms with Crippen molar-refractivity contribution < 1.29 is 19.1 Å². The van der Waals surface area contributed by atoms with Gasteiger partial charge in [-0.3, -0.25) is 9.59 Å². The van der Waals surface area contributed by atoms with Gasteiger partial charge in [0.05, 0.1) is 0 Å². The number of amides is 3. The Morgan fingerprint density at radius 2 is 1.59 bits per heavy atom. The second-order valence-electron chi connectivity index (χ2n) is 11.2. The van der Waals surface area contributed by atoms with Gasteiger partial charge in [0.15, 0.2) is 0 Å². The molecule has 0 aliphatic heterocycles. The Morgan fingerprint density at radius 3 is 2.14 bits per heavy atom. The van der Waals surface area contributed by atoms with Gasteiger partial charge in [0.1, 0.15) is 17.7 Å². The van der Waals surface area contributed by atoms with Crippen LogP contribution in [0.1, 0.15) is 80.8 Å². The van der Waals surface area contributed by atoms with Crippen LogP contribution in [0.2, 0.25) is 0 Å². The van der Waals surface area contributed by atoms with Crippen LogP contribution in [0, 0.1) is 27.7 Å². The first-order valence-corrected chi connectivity index (χ1v) is 13.0. The van der Waals surface area contributed by atoms with Crippen LogP contribution in [0.15, 0.2) is 36.4 Å². The second-order valence-corrected chi connectivity index (χ2v) is 11.2. The van der Waals surface area contributed by atoms with Crippen LogP contribution >= 0.6 is 0 Å². The highest BCUT2D eigenvalue weighted by atomic mass is 16.6. The molecular formula is C30H41N3O4. The lowest BCUT2D eigenvalue weighted by molar-refractivity contribution is -0.145. The second kappa shape index (κ2) is 11.4. The van der Waals surface area contributed by atoms with Crippen LogP contribution in [0.3, 0.4) is 0 Å². The van der Waals surface area contributed by atoms with Crippen molar-refractivity contribution in [3.05, 3.63) is 64.2 Å². The molecule has 2 aromatic carbocycles. The van der Waals surface area contributed by atoms with Gasteiger partial charge in [0.2, 0.25) is 5.91 Å². The van der Waals surface area contributed by atoms with E-state index in [4.69, 9.17) is 4.74 Å². The molecule has 37 heavy (non-hydrogen) atoms. The normalized spacial score (nSPS) is 15.2. The number of carbonyl (C=O) groups excluding carboxylic acids is 3. The number of carbonyl (C=O) groups is 3. The number of rotatable bonds is 7. The molecule has 0 radical (unpaired) electrons. The number of nitrogens with zero attached hydrogens (tertiary/aromatic N) is 1. The highest BCUT2D eigenvalue weighted by Crippen LogP contribution is 2.36. The molecule has 2 atom stereocenters. The number of alkyl carbamates (subject to hydrolysis) is 1. The molecule has 1 saturated carbocycles. The number of nitrogens with one attached hydrogen (secondary N) is 2. The fourth-order valence-electron chi connectivity index (χ4n) is 4.63. The predicted octanol–water partition coefficient (Wildman–Crippen LogP) is 5.89. The van der Waals surface area contributed by atoms with Crippen LogP contribution in [0.25, 0.3) is 0 Å². The van der Waals surface area contributed by atoms with Crippen LogP contribution in [-0.4, -0.2) is 40.5 Å². The Labute approximate surface area is 221 Å². The molecule has 1 aliphatic rings. The smallest absolute Gasteiger partial charge is 0.408 e. The van der Waals surface area contributed by atoms with E-state index in [-0.39, 0.29) is 17.9 Å². The Morgan fingerprint density at radius 1 is 0.973 bits per heavy atom.